The zero-order chi connectivity index (χ0) is 34.3. The second-order valence-corrected chi connectivity index (χ2v) is 12.3. The number of ether oxygens (including phenoxy) is 1. The van der Waals surface area contributed by atoms with Crippen LogP contribution < -0.4 is 21.5 Å². The lowest BCUT2D eigenvalue weighted by atomic mass is 9.95. The number of nitrogens with one attached hydrogen (secondary N) is 2. The van der Waals surface area contributed by atoms with Gasteiger partial charge < -0.3 is 25.9 Å². The number of anilines is 2. The number of rotatable bonds is 5. The molecule has 0 radical (unpaired) electrons. The van der Waals surface area contributed by atoms with Gasteiger partial charge in [0.1, 0.15) is 40.5 Å². The maximum atomic E-state index is 16.2. The Hall–Kier alpha value is -5.35. The summed E-state index contributed by atoms with van der Waals surface area (Å²) in [6.07, 6.45) is 9.79. The number of aromatic amines is 1. The van der Waals surface area contributed by atoms with Crippen molar-refractivity contribution >= 4 is 33.3 Å². The van der Waals surface area contributed by atoms with Crippen LogP contribution in [0.3, 0.4) is 0 Å². The molecule has 0 saturated carbocycles. The zero-order valence-corrected chi connectivity index (χ0v) is 26.6. The standard InChI is InChI=1S/C27H20F2N6O3.C8H14FN/c1-4-15-18(28)8-7-13-10-14(36)11-17(19(13)15)22-21(29)23-20(26(33-22)38-3)25(35-27(37)34-23)32-12(2)16-6-5-9-31-24(16)30;1-8-3-2-4-10(8)6-7(9)5-8/h1,5-12,36H,2-3H3,(H2,30,31)(H2,32,34,35,37);7H,2-6H2,1H3/t;7?,8-/m.0/s1. The molecule has 5 heterocycles. The molecule has 248 valence electrons. The summed E-state index contributed by atoms with van der Waals surface area (Å²) in [6.45, 7) is 5.77. The number of hydrogen-bond donors (Lipinski definition) is 4. The molecule has 0 aliphatic carbocycles. The molecule has 48 heavy (non-hydrogen) atoms. The normalized spacial score (nSPS) is 19.4. The number of methoxy groups -OCH3 is 1. The maximum Gasteiger partial charge on any atom is 0.347 e. The van der Waals surface area contributed by atoms with Gasteiger partial charge in [0.25, 0.3) is 0 Å². The summed E-state index contributed by atoms with van der Waals surface area (Å²) in [7, 11) is 1.31. The lowest BCUT2D eigenvalue weighted by molar-refractivity contribution is 0.217. The Balaban J connectivity index is 0.000000340. The minimum absolute atomic E-state index is 0.00817. The molecule has 10 nitrogen and oxygen atoms in total. The minimum atomic E-state index is -0.962. The number of nitrogens with zero attached hydrogens (tertiary/aromatic N) is 4. The second kappa shape index (κ2) is 12.7. The van der Waals surface area contributed by atoms with E-state index in [2.05, 4.69) is 43.0 Å². The fourth-order valence-electron chi connectivity index (χ4n) is 6.84. The fraction of sp³-hybridized carbons (Fsp3) is 0.314. The van der Waals surface area contributed by atoms with Gasteiger partial charge in [0.05, 0.1) is 24.2 Å². The molecule has 2 unspecified atom stereocenters. The van der Waals surface area contributed by atoms with Gasteiger partial charge in [0.15, 0.2) is 5.82 Å². The molecular weight excluding hydrogens is 623 g/mol. The van der Waals surface area contributed by atoms with Crippen molar-refractivity contribution in [2.75, 3.05) is 31.2 Å². The smallest absolute Gasteiger partial charge is 0.347 e. The van der Waals surface area contributed by atoms with E-state index in [0.717, 1.165) is 19.0 Å². The third-order valence-corrected chi connectivity index (χ3v) is 9.11. The Bertz CT molecular complexity index is 2150. The number of phenolic OH excluding ortho intramolecular Hbond substituents is 1. The van der Waals surface area contributed by atoms with Gasteiger partial charge in [-0.25, -0.2) is 27.9 Å². The number of phenols is 1. The zero-order valence-electron chi connectivity index (χ0n) is 26.6. The van der Waals surface area contributed by atoms with Crippen LogP contribution in [0.25, 0.3) is 32.9 Å². The Morgan fingerprint density at radius 1 is 1.25 bits per heavy atom. The minimum Gasteiger partial charge on any atom is -0.508 e. The molecule has 2 fully saturated rings. The summed E-state index contributed by atoms with van der Waals surface area (Å²) in [6, 6.07) is 8.12. The number of nitrogen functional groups attached to an aromatic ring is 1. The molecular formula is C35H34F3N7O3. The highest BCUT2D eigenvalue weighted by molar-refractivity contribution is 6.03. The average Bonchev–Trinajstić information content (AvgIpc) is 3.54. The average molecular weight is 658 g/mol. The van der Waals surface area contributed by atoms with Crippen LogP contribution in [-0.2, 0) is 0 Å². The third-order valence-electron chi connectivity index (χ3n) is 9.11. The van der Waals surface area contributed by atoms with Crippen molar-refractivity contribution in [1.29, 1.82) is 0 Å². The number of H-pyrrole nitrogens is 1. The molecule has 2 saturated heterocycles. The predicted octanol–water partition coefficient (Wildman–Crippen LogP) is 5.85. The number of aromatic nitrogens is 4. The number of fused-ring (bicyclic) bond motifs is 3. The Kier molecular flexibility index (Phi) is 8.61. The van der Waals surface area contributed by atoms with Crippen LogP contribution in [0.5, 0.6) is 11.6 Å². The van der Waals surface area contributed by atoms with Crippen LogP contribution in [0, 0.1) is 24.0 Å². The first-order valence-electron chi connectivity index (χ1n) is 15.4. The van der Waals surface area contributed by atoms with Gasteiger partial charge in [0.2, 0.25) is 5.88 Å². The molecule has 2 aromatic carbocycles. The quantitative estimate of drug-likeness (QED) is 0.171. The van der Waals surface area contributed by atoms with Crippen LogP contribution in [0.1, 0.15) is 50.3 Å². The molecule has 3 aromatic heterocycles. The number of halogens is 3. The van der Waals surface area contributed by atoms with E-state index in [1.54, 1.807) is 25.3 Å². The Morgan fingerprint density at radius 2 is 2.04 bits per heavy atom. The van der Waals surface area contributed by atoms with Gasteiger partial charge in [-0.15, -0.1) is 6.42 Å². The van der Waals surface area contributed by atoms with Crippen molar-refractivity contribution in [1.82, 2.24) is 24.8 Å². The lowest BCUT2D eigenvalue weighted by Crippen LogP contribution is -2.34. The van der Waals surface area contributed by atoms with Gasteiger partial charge >= 0.3 is 5.69 Å². The van der Waals surface area contributed by atoms with Crippen LogP contribution in [0.15, 0.2) is 47.4 Å². The van der Waals surface area contributed by atoms with Crippen molar-refractivity contribution in [2.45, 2.75) is 50.9 Å². The second-order valence-electron chi connectivity index (χ2n) is 12.3. The summed E-state index contributed by atoms with van der Waals surface area (Å²) in [5.74, 6) is 0.561. The highest BCUT2D eigenvalue weighted by Crippen LogP contribution is 2.41. The van der Waals surface area contributed by atoms with E-state index in [0.29, 0.717) is 17.5 Å². The van der Waals surface area contributed by atoms with Crippen molar-refractivity contribution < 1.29 is 23.0 Å². The first-order valence-corrected chi connectivity index (χ1v) is 15.4. The van der Waals surface area contributed by atoms with E-state index in [1.807, 2.05) is 0 Å². The summed E-state index contributed by atoms with van der Waals surface area (Å²) >= 11 is 0. The summed E-state index contributed by atoms with van der Waals surface area (Å²) in [5.41, 5.74) is 5.27. The first-order chi connectivity index (χ1) is 22.9. The van der Waals surface area contributed by atoms with Gasteiger partial charge in [-0.05, 0) is 69.3 Å². The highest BCUT2D eigenvalue weighted by atomic mass is 19.1. The van der Waals surface area contributed by atoms with Crippen molar-refractivity contribution in [3.8, 4) is 35.2 Å². The SMILES string of the molecule is C#Cc1c(F)ccc2cc(O)cc(-c3nc(OC)c4c(NC(C)c5cccnc5N)nc(=O)[nH]c4c3F)c12.C[C@@]12CCCN1CC(F)C2. The monoisotopic (exact) mass is 657 g/mol. The van der Waals surface area contributed by atoms with Crippen LogP contribution >= 0.6 is 0 Å². The molecule has 7 rings (SSSR count). The molecule has 3 atom stereocenters. The third kappa shape index (κ3) is 5.84. The molecule has 5 N–H and O–H groups in total. The topological polar surface area (TPSA) is 142 Å². The van der Waals surface area contributed by atoms with Crippen LogP contribution in [-0.4, -0.2) is 61.9 Å². The number of hydrogen-bond acceptors (Lipinski definition) is 9. The van der Waals surface area contributed by atoms with Crippen molar-refractivity contribution in [3.05, 3.63) is 75.8 Å². The van der Waals surface area contributed by atoms with Gasteiger partial charge in [-0.2, -0.15) is 4.98 Å². The van der Waals surface area contributed by atoms with E-state index >= 15 is 4.39 Å². The Morgan fingerprint density at radius 3 is 2.75 bits per heavy atom. The van der Waals surface area contributed by atoms with Gasteiger partial charge in [-0.3, -0.25) is 4.90 Å². The molecule has 5 aromatic rings. The first kappa shape index (κ1) is 32.6. The highest BCUT2D eigenvalue weighted by Gasteiger charge is 2.44. The van der Waals surface area contributed by atoms with Crippen LogP contribution in [0.4, 0.5) is 24.8 Å². The molecule has 13 heteroatoms. The number of pyridine rings is 2. The predicted molar refractivity (Wildman–Crippen MR) is 179 cm³/mol. The van der Waals surface area contributed by atoms with Crippen molar-refractivity contribution in [2.24, 2.45) is 0 Å². The fourth-order valence-corrected chi connectivity index (χ4v) is 6.84. The number of terminal acetylenes is 1. The summed E-state index contributed by atoms with van der Waals surface area (Å²) < 4.78 is 49.1. The van der Waals surface area contributed by atoms with Crippen molar-refractivity contribution in [3.63, 3.8) is 0 Å². The Labute approximate surface area is 274 Å². The van der Waals surface area contributed by atoms with Crippen LogP contribution in [0.2, 0.25) is 0 Å². The lowest BCUT2D eigenvalue weighted by Gasteiger charge is -2.25. The van der Waals surface area contributed by atoms with E-state index in [-0.39, 0.29) is 61.9 Å². The molecule has 0 bridgehead atoms. The maximum absolute atomic E-state index is 16.2. The van der Waals surface area contributed by atoms with E-state index in [4.69, 9.17) is 16.9 Å². The molecule has 2 aliphatic rings. The van der Waals surface area contributed by atoms with E-state index in [1.165, 1.54) is 38.2 Å². The van der Waals surface area contributed by atoms with Gasteiger partial charge in [-0.1, -0.05) is 18.1 Å². The molecule has 0 amide bonds. The van der Waals surface area contributed by atoms with E-state index in [9.17, 15) is 18.7 Å². The number of benzene rings is 2. The largest absolute Gasteiger partial charge is 0.508 e. The summed E-state index contributed by atoms with van der Waals surface area (Å²) in [4.78, 5) is 29.6. The number of aromatic hydroxyl groups is 1. The van der Waals surface area contributed by atoms with Gasteiger partial charge in [0, 0.05) is 34.8 Å². The molecule has 2 aliphatic heterocycles. The summed E-state index contributed by atoms with van der Waals surface area (Å²) in [5, 5.41) is 14.0. The van der Waals surface area contributed by atoms with E-state index < -0.39 is 29.5 Å². The number of nitrogens with two attached hydrogens (primary N) is 1. The molecule has 0 spiro atoms. The number of alkyl halides is 1.